The number of nitrogens with zero attached hydrogens (tertiary/aromatic N) is 1. The van der Waals surface area contributed by atoms with Gasteiger partial charge in [0.2, 0.25) is 0 Å². The Hall–Kier alpha value is -0.940. The van der Waals surface area contributed by atoms with E-state index in [2.05, 4.69) is 46.3 Å². The molecular weight excluding hydrogens is 213 g/mol. The van der Waals surface area contributed by atoms with Crippen LogP contribution >= 0.6 is 9.24 Å². The summed E-state index contributed by atoms with van der Waals surface area (Å²) in [7, 11) is 2.61. The van der Waals surface area contributed by atoms with Gasteiger partial charge in [-0.25, -0.2) is 0 Å². The van der Waals surface area contributed by atoms with Crippen LogP contribution in [0.15, 0.2) is 23.9 Å². The molecule has 0 bridgehead atoms. The third-order valence-electron chi connectivity index (χ3n) is 1.78. The molecule has 0 N–H and O–H groups in total. The molecule has 0 fully saturated rings. The first kappa shape index (κ1) is 15.1. The summed E-state index contributed by atoms with van der Waals surface area (Å²) in [4.78, 5) is 4.26. The van der Waals surface area contributed by atoms with E-state index in [0.717, 1.165) is 5.44 Å². The highest BCUT2D eigenvalue weighted by Crippen LogP contribution is 2.13. The van der Waals surface area contributed by atoms with Crippen molar-refractivity contribution in [1.82, 2.24) is 4.98 Å². The Morgan fingerprint density at radius 2 is 1.88 bits per heavy atom. The van der Waals surface area contributed by atoms with E-state index in [1.165, 1.54) is 16.7 Å². The van der Waals surface area contributed by atoms with Crippen LogP contribution in [0, 0.1) is 0 Å². The van der Waals surface area contributed by atoms with E-state index in [1.54, 1.807) is 0 Å². The zero-order valence-corrected chi connectivity index (χ0v) is 12.1. The molecule has 1 nitrogen and oxygen atoms in total. The molecule has 0 aromatic carbocycles. The predicted octanol–water partition coefficient (Wildman–Crippen LogP) is 4.06. The minimum atomic E-state index is 0.976. The third kappa shape index (κ3) is 5.23. The van der Waals surface area contributed by atoms with Gasteiger partial charge in [-0.1, -0.05) is 46.9 Å². The first-order valence-corrected chi connectivity index (χ1v) is 6.24. The molecule has 0 saturated heterocycles. The average molecular weight is 235 g/mol. The Kier molecular flexibility index (Phi) is 7.76. The van der Waals surface area contributed by atoms with Crippen molar-refractivity contribution in [2.75, 3.05) is 0 Å². The van der Waals surface area contributed by atoms with Crippen molar-refractivity contribution in [3.63, 3.8) is 0 Å². The van der Waals surface area contributed by atoms with E-state index in [4.69, 9.17) is 0 Å². The molecule has 0 aliphatic carbocycles. The first-order valence-electron chi connectivity index (χ1n) is 5.66. The summed E-state index contributed by atoms with van der Waals surface area (Å²) < 4.78 is 0. The number of aromatic nitrogens is 1. The second kappa shape index (κ2) is 8.24. The van der Waals surface area contributed by atoms with Gasteiger partial charge in [0.1, 0.15) is 0 Å². The largest absolute Gasteiger partial charge is 0.256 e. The molecule has 2 heteroatoms. The standard InChI is InChI=1S/C12H16NP.C2H6/c1-4-5-10-7-12(14)13-8-11(10)6-9(2)3;1-2/h4-8H,14H2,1-3H3;1-2H3/b5-4-;. The lowest BCUT2D eigenvalue weighted by atomic mass is 10.1. The van der Waals surface area contributed by atoms with Gasteiger partial charge >= 0.3 is 0 Å². The molecule has 0 saturated carbocycles. The number of hydrogen-bond acceptors (Lipinski definition) is 1. The average Bonchev–Trinajstić information content (AvgIpc) is 2.25. The molecule has 1 rings (SSSR count). The van der Waals surface area contributed by atoms with E-state index in [0.29, 0.717) is 0 Å². The fourth-order valence-corrected chi connectivity index (χ4v) is 1.51. The summed E-state index contributed by atoms with van der Waals surface area (Å²) in [6.07, 6.45) is 8.20. The first-order chi connectivity index (χ1) is 7.63. The highest BCUT2D eigenvalue weighted by Gasteiger charge is 1.97. The van der Waals surface area contributed by atoms with Gasteiger partial charge in [-0.05, 0) is 38.0 Å². The maximum atomic E-state index is 4.26. The molecule has 1 atom stereocenters. The molecule has 0 radical (unpaired) electrons. The van der Waals surface area contributed by atoms with Gasteiger partial charge in [0, 0.05) is 6.20 Å². The fraction of sp³-hybridized carbons (Fsp3) is 0.357. The van der Waals surface area contributed by atoms with Crippen molar-refractivity contribution in [1.29, 1.82) is 0 Å². The molecule has 1 heterocycles. The Morgan fingerprint density at radius 3 is 2.38 bits per heavy atom. The Morgan fingerprint density at radius 1 is 1.25 bits per heavy atom. The molecule has 0 aliphatic heterocycles. The zero-order chi connectivity index (χ0) is 12.6. The molecular formula is C14H22NP. The maximum absolute atomic E-state index is 4.26. The number of hydrogen-bond donors (Lipinski definition) is 0. The SMILES string of the molecule is C/C=C\c1cc(P)ncc1C=C(C)C.CC. The lowest BCUT2D eigenvalue weighted by molar-refractivity contribution is 1.35. The van der Waals surface area contributed by atoms with Crippen molar-refractivity contribution in [2.24, 2.45) is 0 Å². The number of pyridine rings is 1. The van der Waals surface area contributed by atoms with Crippen LogP contribution in [0.4, 0.5) is 0 Å². The van der Waals surface area contributed by atoms with E-state index >= 15 is 0 Å². The summed E-state index contributed by atoms with van der Waals surface area (Å²) in [5.41, 5.74) is 4.65. The summed E-state index contributed by atoms with van der Waals surface area (Å²) >= 11 is 0. The molecule has 16 heavy (non-hydrogen) atoms. The quantitative estimate of drug-likeness (QED) is 0.704. The van der Waals surface area contributed by atoms with Gasteiger partial charge < -0.3 is 0 Å². The highest BCUT2D eigenvalue weighted by molar-refractivity contribution is 7.26. The minimum absolute atomic E-state index is 0.976. The monoisotopic (exact) mass is 235 g/mol. The summed E-state index contributed by atoms with van der Waals surface area (Å²) in [6.45, 7) is 10.2. The van der Waals surface area contributed by atoms with Gasteiger partial charge in [0.05, 0.1) is 5.44 Å². The van der Waals surface area contributed by atoms with Gasteiger partial charge in [-0.3, -0.25) is 4.98 Å². The van der Waals surface area contributed by atoms with Crippen LogP contribution in [0.25, 0.3) is 12.2 Å². The molecule has 1 aromatic rings. The molecule has 0 aliphatic rings. The van der Waals surface area contributed by atoms with E-state index in [1.807, 2.05) is 33.0 Å². The number of allylic oxidation sites excluding steroid dienone is 2. The summed E-state index contributed by atoms with van der Waals surface area (Å²) in [6, 6.07) is 2.07. The van der Waals surface area contributed by atoms with Gasteiger partial charge in [-0.15, -0.1) is 0 Å². The van der Waals surface area contributed by atoms with Gasteiger partial charge in [0.15, 0.2) is 0 Å². The van der Waals surface area contributed by atoms with E-state index in [-0.39, 0.29) is 0 Å². The van der Waals surface area contributed by atoms with E-state index < -0.39 is 0 Å². The summed E-state index contributed by atoms with van der Waals surface area (Å²) in [5.74, 6) is 0. The summed E-state index contributed by atoms with van der Waals surface area (Å²) in [5, 5.41) is 0. The maximum Gasteiger partial charge on any atom is 0.0575 e. The molecule has 0 amide bonds. The fourth-order valence-electron chi connectivity index (χ4n) is 1.25. The van der Waals surface area contributed by atoms with Crippen LogP contribution in [0.2, 0.25) is 0 Å². The van der Waals surface area contributed by atoms with Crippen LogP contribution in [-0.2, 0) is 0 Å². The van der Waals surface area contributed by atoms with E-state index in [9.17, 15) is 0 Å². The topological polar surface area (TPSA) is 12.9 Å². The second-order valence-electron chi connectivity index (χ2n) is 3.46. The lowest BCUT2D eigenvalue weighted by Gasteiger charge is -2.02. The van der Waals surface area contributed by atoms with Gasteiger partial charge in [0.25, 0.3) is 0 Å². The molecule has 88 valence electrons. The second-order valence-corrected chi connectivity index (χ2v) is 4.05. The van der Waals surface area contributed by atoms with Crippen molar-refractivity contribution >= 4 is 26.8 Å². The normalized spacial score (nSPS) is 9.62. The van der Waals surface area contributed by atoms with Crippen LogP contribution in [0.1, 0.15) is 45.7 Å². The van der Waals surface area contributed by atoms with Crippen LogP contribution < -0.4 is 5.44 Å². The smallest absolute Gasteiger partial charge is 0.0575 e. The third-order valence-corrected chi connectivity index (χ3v) is 2.10. The Bertz CT molecular complexity index is 374. The Labute approximate surface area is 102 Å². The van der Waals surface area contributed by atoms with Crippen LogP contribution in [-0.4, -0.2) is 4.98 Å². The van der Waals surface area contributed by atoms with Gasteiger partial charge in [-0.2, -0.15) is 0 Å². The van der Waals surface area contributed by atoms with Crippen LogP contribution in [0.3, 0.4) is 0 Å². The highest BCUT2D eigenvalue weighted by atomic mass is 31.0. The molecule has 1 unspecified atom stereocenters. The lowest BCUT2D eigenvalue weighted by Crippen LogP contribution is -1.99. The van der Waals surface area contributed by atoms with Crippen LogP contribution in [0.5, 0.6) is 0 Å². The van der Waals surface area contributed by atoms with Crippen molar-refractivity contribution in [2.45, 2.75) is 34.6 Å². The number of rotatable bonds is 2. The predicted molar refractivity (Wildman–Crippen MR) is 79.0 cm³/mol. The van der Waals surface area contributed by atoms with Crippen molar-refractivity contribution < 1.29 is 0 Å². The van der Waals surface area contributed by atoms with Crippen molar-refractivity contribution in [3.8, 4) is 0 Å². The Balaban J connectivity index is 0.00000106. The minimum Gasteiger partial charge on any atom is -0.256 e. The van der Waals surface area contributed by atoms with Crippen molar-refractivity contribution in [3.05, 3.63) is 35.0 Å². The molecule has 0 spiro atoms. The zero-order valence-electron chi connectivity index (χ0n) is 10.9. The molecule has 1 aromatic heterocycles.